The summed E-state index contributed by atoms with van der Waals surface area (Å²) < 4.78 is 13.2. The summed E-state index contributed by atoms with van der Waals surface area (Å²) in [6, 6.07) is 15.1. The molecule has 1 atom stereocenters. The Morgan fingerprint density at radius 3 is 2.36 bits per heavy atom. The molecule has 0 bridgehead atoms. The molecule has 2 aromatic carbocycles. The highest BCUT2D eigenvalue weighted by Crippen LogP contribution is 2.17. The molecule has 36 heavy (non-hydrogen) atoms. The number of benzene rings is 2. The number of hydrogen-bond donors (Lipinski definition) is 2. The fraction of sp³-hybridized carbons (Fsp3) is 0.333. The van der Waals surface area contributed by atoms with Crippen LogP contribution in [0.1, 0.15) is 48.8 Å². The maximum absolute atomic E-state index is 13.2. The fourth-order valence-electron chi connectivity index (χ4n) is 3.60. The number of thiazole rings is 1. The van der Waals surface area contributed by atoms with Gasteiger partial charge in [-0.15, -0.1) is 11.3 Å². The van der Waals surface area contributed by atoms with Crippen LogP contribution < -0.4 is 10.6 Å². The lowest BCUT2D eigenvalue weighted by Crippen LogP contribution is -2.42. The number of carbonyl (C=O) groups excluding carboxylic acids is 3. The second kappa shape index (κ2) is 12.9. The normalized spacial score (nSPS) is 11.7. The van der Waals surface area contributed by atoms with Gasteiger partial charge in [0, 0.05) is 23.0 Å². The van der Waals surface area contributed by atoms with Gasteiger partial charge in [0.2, 0.25) is 11.8 Å². The quantitative estimate of drug-likeness (QED) is 0.399. The highest BCUT2D eigenvalue weighted by atomic mass is 32.1. The molecule has 2 N–H and O–H groups in total. The molecule has 0 unspecified atom stereocenters. The number of hydrogen-bond acceptors (Lipinski definition) is 5. The average molecular weight is 511 g/mol. The van der Waals surface area contributed by atoms with E-state index in [1.54, 1.807) is 19.2 Å². The first-order chi connectivity index (χ1) is 17.2. The van der Waals surface area contributed by atoms with Crippen molar-refractivity contribution in [2.24, 2.45) is 0 Å². The number of nitrogens with one attached hydrogen (secondary N) is 2. The molecule has 0 aliphatic carbocycles. The summed E-state index contributed by atoms with van der Waals surface area (Å²) in [4.78, 5) is 43.6. The van der Waals surface area contributed by atoms with Gasteiger partial charge in [0.1, 0.15) is 12.4 Å². The lowest BCUT2D eigenvalue weighted by atomic mass is 10.1. The van der Waals surface area contributed by atoms with E-state index in [1.165, 1.54) is 46.1 Å². The highest BCUT2D eigenvalue weighted by Gasteiger charge is 2.22. The molecule has 0 saturated heterocycles. The third-order valence-electron chi connectivity index (χ3n) is 5.55. The molecular weight excluding hydrogens is 479 g/mol. The fourth-order valence-corrected chi connectivity index (χ4v) is 4.32. The van der Waals surface area contributed by atoms with E-state index in [1.807, 2.05) is 25.1 Å². The second-order valence-corrected chi connectivity index (χ2v) is 9.75. The smallest absolute Gasteiger partial charge is 0.254 e. The number of nitrogens with zero attached hydrogens (tertiary/aromatic N) is 2. The molecule has 0 spiro atoms. The van der Waals surface area contributed by atoms with Crippen LogP contribution in [0, 0.1) is 5.82 Å². The van der Waals surface area contributed by atoms with Crippen molar-refractivity contribution < 1.29 is 18.8 Å². The zero-order valence-corrected chi connectivity index (χ0v) is 21.5. The monoisotopic (exact) mass is 510 g/mol. The maximum Gasteiger partial charge on any atom is 0.254 e. The third-order valence-corrected chi connectivity index (χ3v) is 6.35. The maximum atomic E-state index is 13.2. The van der Waals surface area contributed by atoms with Crippen molar-refractivity contribution in [3.63, 3.8) is 0 Å². The average Bonchev–Trinajstić information content (AvgIpc) is 3.28. The van der Waals surface area contributed by atoms with Crippen LogP contribution in [-0.2, 0) is 22.4 Å². The first-order valence-corrected chi connectivity index (χ1v) is 12.7. The van der Waals surface area contributed by atoms with Gasteiger partial charge in [0.15, 0.2) is 5.13 Å². The minimum absolute atomic E-state index is 0.0242. The molecule has 0 radical (unpaired) electrons. The van der Waals surface area contributed by atoms with Gasteiger partial charge < -0.3 is 15.5 Å². The van der Waals surface area contributed by atoms with Gasteiger partial charge in [0.05, 0.1) is 12.1 Å². The van der Waals surface area contributed by atoms with Crippen LogP contribution in [0.4, 0.5) is 9.52 Å². The van der Waals surface area contributed by atoms with Crippen LogP contribution in [0.5, 0.6) is 0 Å². The number of carbonyl (C=O) groups is 3. The predicted octanol–water partition coefficient (Wildman–Crippen LogP) is 4.45. The minimum Gasteiger partial charge on any atom is -0.353 e. The Labute approximate surface area is 214 Å². The molecule has 0 aliphatic rings. The second-order valence-electron chi connectivity index (χ2n) is 8.90. The zero-order chi connectivity index (χ0) is 26.1. The van der Waals surface area contributed by atoms with E-state index in [4.69, 9.17) is 0 Å². The molecule has 3 aromatic rings. The van der Waals surface area contributed by atoms with E-state index < -0.39 is 11.7 Å². The molecule has 3 rings (SSSR count). The molecular formula is C27H31FN4O3S. The van der Waals surface area contributed by atoms with Crippen molar-refractivity contribution in [2.75, 3.05) is 11.9 Å². The zero-order valence-electron chi connectivity index (χ0n) is 20.7. The van der Waals surface area contributed by atoms with Gasteiger partial charge >= 0.3 is 0 Å². The van der Waals surface area contributed by atoms with Gasteiger partial charge in [-0.25, -0.2) is 9.37 Å². The number of aryl methyl sites for hydroxylation is 1. The van der Waals surface area contributed by atoms with Gasteiger partial charge in [-0.2, -0.15) is 0 Å². The Hall–Kier alpha value is -3.59. The molecule has 0 fully saturated rings. The molecule has 1 aromatic heterocycles. The van der Waals surface area contributed by atoms with Crippen molar-refractivity contribution >= 4 is 34.2 Å². The molecule has 7 nitrogen and oxygen atoms in total. The Morgan fingerprint density at radius 1 is 1.00 bits per heavy atom. The Balaban J connectivity index is 1.48. The van der Waals surface area contributed by atoms with E-state index in [-0.39, 0.29) is 36.9 Å². The summed E-state index contributed by atoms with van der Waals surface area (Å²) >= 11 is 1.22. The van der Waals surface area contributed by atoms with Crippen LogP contribution in [-0.4, -0.2) is 46.2 Å². The van der Waals surface area contributed by atoms with Crippen molar-refractivity contribution in [3.05, 3.63) is 82.6 Å². The SMILES string of the molecule is CC(C)N(CC(=O)Nc1nc(CC(=O)N[C@H](C)CCc2ccccc2)cs1)C(=O)c1ccc(F)cc1. The molecule has 0 saturated carbocycles. The highest BCUT2D eigenvalue weighted by molar-refractivity contribution is 7.13. The van der Waals surface area contributed by atoms with E-state index in [0.29, 0.717) is 16.4 Å². The summed E-state index contributed by atoms with van der Waals surface area (Å²) in [6.45, 7) is 5.40. The first kappa shape index (κ1) is 27.0. The summed E-state index contributed by atoms with van der Waals surface area (Å²) in [6.07, 6.45) is 1.83. The number of rotatable bonds is 11. The summed E-state index contributed by atoms with van der Waals surface area (Å²) in [5.74, 6) is -1.33. The molecule has 9 heteroatoms. The van der Waals surface area contributed by atoms with Crippen LogP contribution in [0.3, 0.4) is 0 Å². The van der Waals surface area contributed by atoms with E-state index >= 15 is 0 Å². The lowest BCUT2D eigenvalue weighted by molar-refractivity contribution is -0.121. The number of amides is 3. The third kappa shape index (κ3) is 8.27. The van der Waals surface area contributed by atoms with E-state index in [9.17, 15) is 18.8 Å². The van der Waals surface area contributed by atoms with Crippen LogP contribution in [0.25, 0.3) is 0 Å². The Kier molecular flexibility index (Phi) is 9.69. The Morgan fingerprint density at radius 2 is 1.69 bits per heavy atom. The van der Waals surface area contributed by atoms with Crippen molar-refractivity contribution in [3.8, 4) is 0 Å². The largest absolute Gasteiger partial charge is 0.353 e. The lowest BCUT2D eigenvalue weighted by Gasteiger charge is -2.26. The first-order valence-electron chi connectivity index (χ1n) is 11.9. The standard InChI is InChI=1S/C27H31FN4O3S/c1-18(2)32(26(35)21-11-13-22(28)14-12-21)16-25(34)31-27-30-23(17-36-27)15-24(33)29-19(3)9-10-20-7-5-4-6-8-20/h4-8,11-14,17-19H,9-10,15-16H2,1-3H3,(H,29,33)(H,30,31,34)/t19-/m1/s1. The van der Waals surface area contributed by atoms with Crippen LogP contribution in [0.2, 0.25) is 0 Å². The molecule has 0 aliphatic heterocycles. The Bertz CT molecular complexity index is 1170. The summed E-state index contributed by atoms with van der Waals surface area (Å²) in [5, 5.41) is 7.78. The number of anilines is 1. The van der Waals surface area contributed by atoms with Crippen molar-refractivity contribution in [2.45, 2.75) is 52.1 Å². The van der Waals surface area contributed by atoms with Gasteiger partial charge in [0.25, 0.3) is 5.91 Å². The van der Waals surface area contributed by atoms with Crippen LogP contribution in [0.15, 0.2) is 60.0 Å². The predicted molar refractivity (Wildman–Crippen MR) is 139 cm³/mol. The number of halogens is 1. The van der Waals surface area contributed by atoms with Gasteiger partial charge in [-0.1, -0.05) is 30.3 Å². The van der Waals surface area contributed by atoms with Gasteiger partial charge in [-0.3, -0.25) is 14.4 Å². The minimum atomic E-state index is -0.435. The molecule has 3 amide bonds. The molecule has 190 valence electrons. The topological polar surface area (TPSA) is 91.4 Å². The number of aromatic nitrogens is 1. The van der Waals surface area contributed by atoms with Crippen LogP contribution >= 0.6 is 11.3 Å². The summed E-state index contributed by atoms with van der Waals surface area (Å²) in [7, 11) is 0. The van der Waals surface area contributed by atoms with Gasteiger partial charge in [-0.05, 0) is 63.4 Å². The van der Waals surface area contributed by atoms with E-state index in [0.717, 1.165) is 12.8 Å². The summed E-state index contributed by atoms with van der Waals surface area (Å²) in [5.41, 5.74) is 2.10. The van der Waals surface area contributed by atoms with E-state index in [2.05, 4.69) is 27.8 Å². The molecule has 1 heterocycles. The van der Waals surface area contributed by atoms with Crippen molar-refractivity contribution in [1.82, 2.24) is 15.2 Å². The van der Waals surface area contributed by atoms with Crippen molar-refractivity contribution in [1.29, 1.82) is 0 Å².